The maximum atomic E-state index is 13.5. The Morgan fingerprint density at radius 1 is 0.950 bits per heavy atom. The van der Waals surface area contributed by atoms with Crippen LogP contribution in [0.25, 0.3) is 10.9 Å². The lowest BCUT2D eigenvalue weighted by atomic mass is 10.0. The summed E-state index contributed by atoms with van der Waals surface area (Å²) in [7, 11) is 0. The van der Waals surface area contributed by atoms with Gasteiger partial charge in [-0.3, -0.25) is 24.2 Å². The first-order chi connectivity index (χ1) is 19.0. The Labute approximate surface area is 232 Å². The molecule has 0 spiro atoms. The molecular weight excluding hydrogens is 518 g/mol. The molecule has 220 valence electrons. The van der Waals surface area contributed by atoms with Crippen LogP contribution in [-0.2, 0) is 25.6 Å². The standard InChI is InChI=1S/C26H41N9O5/c1-15(25(39)40)33-23(37)20(10-6-12-31-26(29)30)34-24(38)21(35-22(36)18(28)8-4-5-11-27)13-16-14-32-19-9-3-2-7-17(16)19/h2-3,7,9,14-15,18,20-21,32H,4-6,8,10-13,27-28H2,1H3,(H,33,37)(H,34,38)(H,35,36)(H,39,40)(H4,29,30,31). The number of fused-ring (bicyclic) bond motifs is 1. The van der Waals surface area contributed by atoms with Crippen molar-refractivity contribution in [2.45, 2.75) is 69.6 Å². The predicted octanol–water partition coefficient (Wildman–Crippen LogP) is -1.22. The molecule has 0 fully saturated rings. The van der Waals surface area contributed by atoms with Gasteiger partial charge in [-0.2, -0.15) is 0 Å². The van der Waals surface area contributed by atoms with Gasteiger partial charge in [0.1, 0.15) is 18.1 Å². The fourth-order valence-corrected chi connectivity index (χ4v) is 4.07. The highest BCUT2D eigenvalue weighted by atomic mass is 16.4. The fourth-order valence-electron chi connectivity index (χ4n) is 4.07. The first-order valence-corrected chi connectivity index (χ1v) is 13.2. The zero-order valence-corrected chi connectivity index (χ0v) is 22.7. The molecule has 4 unspecified atom stereocenters. The Kier molecular flexibility index (Phi) is 12.9. The second-order valence-electron chi connectivity index (χ2n) is 9.59. The van der Waals surface area contributed by atoms with Gasteiger partial charge in [0.15, 0.2) is 5.96 Å². The number of para-hydroxylation sites is 1. The number of hydrogen-bond acceptors (Lipinski definition) is 7. The number of carbonyl (C=O) groups excluding carboxylic acids is 3. The molecule has 14 nitrogen and oxygen atoms in total. The summed E-state index contributed by atoms with van der Waals surface area (Å²) in [5.41, 5.74) is 23.9. The van der Waals surface area contributed by atoms with Crippen LogP contribution >= 0.6 is 0 Å². The van der Waals surface area contributed by atoms with Crippen molar-refractivity contribution in [1.29, 1.82) is 0 Å². The number of carboxylic acids is 1. The molecule has 3 amide bonds. The monoisotopic (exact) mass is 559 g/mol. The van der Waals surface area contributed by atoms with Crippen LogP contribution < -0.4 is 38.9 Å². The average molecular weight is 560 g/mol. The quantitative estimate of drug-likeness (QED) is 0.0638. The highest BCUT2D eigenvalue weighted by Crippen LogP contribution is 2.19. The summed E-state index contributed by atoms with van der Waals surface area (Å²) in [5, 5.41) is 17.8. The van der Waals surface area contributed by atoms with Crippen LogP contribution in [0.4, 0.5) is 0 Å². The van der Waals surface area contributed by atoms with Gasteiger partial charge in [-0.25, -0.2) is 0 Å². The molecule has 4 atom stereocenters. The number of H-pyrrole nitrogens is 1. The van der Waals surface area contributed by atoms with E-state index >= 15 is 0 Å². The molecule has 1 aromatic carbocycles. The van der Waals surface area contributed by atoms with Crippen molar-refractivity contribution in [2.75, 3.05) is 13.1 Å². The van der Waals surface area contributed by atoms with Crippen molar-refractivity contribution in [1.82, 2.24) is 20.9 Å². The van der Waals surface area contributed by atoms with Crippen LogP contribution in [-0.4, -0.2) is 77.0 Å². The summed E-state index contributed by atoms with van der Waals surface area (Å²) >= 11 is 0. The normalized spacial score (nSPS) is 14.0. The molecule has 0 aliphatic rings. The minimum absolute atomic E-state index is 0.116. The first kappa shape index (κ1) is 32.0. The number of nitrogens with two attached hydrogens (primary N) is 4. The molecule has 40 heavy (non-hydrogen) atoms. The zero-order valence-electron chi connectivity index (χ0n) is 22.7. The van der Waals surface area contributed by atoms with E-state index in [1.807, 2.05) is 24.3 Å². The van der Waals surface area contributed by atoms with Crippen LogP contribution in [0.1, 0.15) is 44.6 Å². The predicted molar refractivity (Wildman–Crippen MR) is 152 cm³/mol. The van der Waals surface area contributed by atoms with Crippen molar-refractivity contribution in [2.24, 2.45) is 27.9 Å². The summed E-state index contributed by atoms with van der Waals surface area (Å²) in [6.45, 7) is 1.99. The third kappa shape index (κ3) is 10.2. The minimum atomic E-state index is -1.23. The van der Waals surface area contributed by atoms with E-state index in [4.69, 9.17) is 22.9 Å². The third-order valence-electron chi connectivity index (χ3n) is 6.35. The van der Waals surface area contributed by atoms with Gasteiger partial charge in [-0.15, -0.1) is 0 Å². The van der Waals surface area contributed by atoms with Gasteiger partial charge in [0.25, 0.3) is 0 Å². The highest BCUT2D eigenvalue weighted by molar-refractivity contribution is 5.94. The van der Waals surface area contributed by atoms with Crippen LogP contribution in [0.5, 0.6) is 0 Å². The molecule has 14 heteroatoms. The number of amides is 3. The molecule has 2 aromatic rings. The molecule has 0 aliphatic carbocycles. The van der Waals surface area contributed by atoms with Crippen molar-refractivity contribution >= 4 is 40.6 Å². The summed E-state index contributed by atoms with van der Waals surface area (Å²) < 4.78 is 0. The number of unbranched alkanes of at least 4 members (excludes halogenated alkanes) is 1. The number of rotatable bonds is 17. The Balaban J connectivity index is 2.26. The number of guanidine groups is 1. The summed E-state index contributed by atoms with van der Waals surface area (Å²) in [4.78, 5) is 57.7. The molecule has 0 aliphatic heterocycles. The van der Waals surface area contributed by atoms with Gasteiger partial charge in [0.05, 0.1) is 6.04 Å². The van der Waals surface area contributed by atoms with Gasteiger partial charge < -0.3 is 49.0 Å². The lowest BCUT2D eigenvalue weighted by Gasteiger charge is -2.25. The summed E-state index contributed by atoms with van der Waals surface area (Å²) in [5.74, 6) is -3.17. The van der Waals surface area contributed by atoms with E-state index < -0.39 is 47.9 Å². The molecule has 0 saturated carbocycles. The second-order valence-corrected chi connectivity index (χ2v) is 9.59. The smallest absolute Gasteiger partial charge is 0.325 e. The summed E-state index contributed by atoms with van der Waals surface area (Å²) in [6, 6.07) is 3.31. The number of aromatic nitrogens is 1. The van der Waals surface area contributed by atoms with E-state index in [9.17, 15) is 24.3 Å². The topological polar surface area (TPSA) is 257 Å². The Morgan fingerprint density at radius 3 is 2.30 bits per heavy atom. The maximum absolute atomic E-state index is 13.5. The highest BCUT2D eigenvalue weighted by Gasteiger charge is 2.30. The number of aliphatic imine (C=N–C) groups is 1. The van der Waals surface area contributed by atoms with Crippen LogP contribution in [0, 0.1) is 0 Å². The maximum Gasteiger partial charge on any atom is 0.325 e. The third-order valence-corrected chi connectivity index (χ3v) is 6.35. The van der Waals surface area contributed by atoms with E-state index in [-0.39, 0.29) is 25.3 Å². The molecule has 13 N–H and O–H groups in total. The number of benzene rings is 1. The number of carboxylic acid groups (broad SMARTS) is 1. The zero-order chi connectivity index (χ0) is 29.7. The molecular formula is C26H41N9O5. The van der Waals surface area contributed by atoms with Crippen LogP contribution in [0.3, 0.4) is 0 Å². The van der Waals surface area contributed by atoms with Gasteiger partial charge >= 0.3 is 5.97 Å². The van der Waals surface area contributed by atoms with E-state index in [0.717, 1.165) is 16.5 Å². The molecule has 0 saturated heterocycles. The van der Waals surface area contributed by atoms with Crippen molar-refractivity contribution < 1.29 is 24.3 Å². The lowest BCUT2D eigenvalue weighted by molar-refractivity contribution is -0.141. The Bertz CT molecular complexity index is 1180. The van der Waals surface area contributed by atoms with Gasteiger partial charge in [-0.05, 0) is 50.8 Å². The number of nitrogens with zero attached hydrogens (tertiary/aromatic N) is 1. The van der Waals surface area contributed by atoms with E-state index in [2.05, 4.69) is 25.9 Å². The Morgan fingerprint density at radius 2 is 1.62 bits per heavy atom. The lowest BCUT2D eigenvalue weighted by Crippen LogP contribution is -2.57. The van der Waals surface area contributed by atoms with Crippen molar-refractivity contribution in [3.8, 4) is 0 Å². The Hall–Kier alpha value is -4.17. The van der Waals surface area contributed by atoms with Crippen LogP contribution in [0.2, 0.25) is 0 Å². The van der Waals surface area contributed by atoms with Gasteiger partial charge in [-0.1, -0.05) is 24.6 Å². The average Bonchev–Trinajstić information content (AvgIpc) is 3.32. The number of aliphatic carboxylic acids is 1. The number of hydrogen-bond donors (Lipinski definition) is 9. The molecule has 2 rings (SSSR count). The molecule has 0 bridgehead atoms. The van der Waals surface area contributed by atoms with Crippen molar-refractivity contribution in [3.05, 3.63) is 36.0 Å². The van der Waals surface area contributed by atoms with Gasteiger partial charge in [0, 0.05) is 30.1 Å². The molecule has 1 heterocycles. The van der Waals surface area contributed by atoms with E-state index in [1.165, 1.54) is 6.92 Å². The van der Waals surface area contributed by atoms with E-state index in [0.29, 0.717) is 32.2 Å². The largest absolute Gasteiger partial charge is 0.480 e. The fraction of sp³-hybridized carbons (Fsp3) is 0.500. The number of aromatic amines is 1. The minimum Gasteiger partial charge on any atom is -0.480 e. The number of carbonyl (C=O) groups is 4. The van der Waals surface area contributed by atoms with E-state index in [1.54, 1.807) is 6.20 Å². The first-order valence-electron chi connectivity index (χ1n) is 13.2. The second kappa shape index (κ2) is 16.1. The van der Waals surface area contributed by atoms with Crippen molar-refractivity contribution in [3.63, 3.8) is 0 Å². The van der Waals surface area contributed by atoms with Gasteiger partial charge in [0.2, 0.25) is 17.7 Å². The van der Waals surface area contributed by atoms with Crippen LogP contribution in [0.15, 0.2) is 35.5 Å². The SMILES string of the molecule is CC(NC(=O)C(CCCN=C(N)N)NC(=O)C(Cc1c[nH]c2ccccc12)NC(=O)C(N)CCCCN)C(=O)O. The molecule has 0 radical (unpaired) electrons. The number of nitrogens with one attached hydrogen (secondary N) is 4. The summed E-state index contributed by atoms with van der Waals surface area (Å²) in [6.07, 6.45) is 4.08. The molecule has 1 aromatic heterocycles.